The maximum Gasteiger partial charge on any atom is 0.144 e. The summed E-state index contributed by atoms with van der Waals surface area (Å²) in [6.07, 6.45) is 2.71. The van der Waals surface area contributed by atoms with Crippen LogP contribution in [0, 0.1) is 0 Å². The zero-order chi connectivity index (χ0) is 14.1. The molecule has 1 rings (SSSR count). The molecule has 0 aliphatic heterocycles. The molecule has 0 spiro atoms. The molecule has 1 N–H and O–H groups in total. The Balaban J connectivity index is 2.53. The number of hydrogen-bond acceptors (Lipinski definition) is 5. The Morgan fingerprint density at radius 3 is 2.63 bits per heavy atom. The van der Waals surface area contributed by atoms with E-state index in [0.29, 0.717) is 0 Å². The average Bonchev–Trinajstić information content (AvgIpc) is 2.44. The van der Waals surface area contributed by atoms with Gasteiger partial charge in [0.1, 0.15) is 17.2 Å². The molecule has 0 aliphatic carbocycles. The van der Waals surface area contributed by atoms with Crippen molar-refractivity contribution in [2.45, 2.75) is 32.2 Å². The van der Waals surface area contributed by atoms with Crippen molar-refractivity contribution in [1.82, 2.24) is 14.9 Å². The SMILES string of the molecule is CCCNc1ncnc(SCCN(CC)CC)c1Br. The van der Waals surface area contributed by atoms with Crippen LogP contribution < -0.4 is 5.32 Å². The van der Waals surface area contributed by atoms with Crippen LogP contribution in [0.4, 0.5) is 5.82 Å². The first-order valence-electron chi connectivity index (χ1n) is 6.82. The van der Waals surface area contributed by atoms with E-state index in [2.05, 4.69) is 56.9 Å². The average molecular weight is 347 g/mol. The summed E-state index contributed by atoms with van der Waals surface area (Å²) < 4.78 is 0.980. The Hall–Kier alpha value is -0.330. The lowest BCUT2D eigenvalue weighted by Crippen LogP contribution is -2.25. The van der Waals surface area contributed by atoms with E-state index in [0.717, 1.165) is 53.7 Å². The smallest absolute Gasteiger partial charge is 0.144 e. The summed E-state index contributed by atoms with van der Waals surface area (Å²) in [5.74, 6) is 1.94. The number of thioether (sulfide) groups is 1. The first-order chi connectivity index (χ1) is 9.22. The predicted octanol–water partition coefficient (Wildman–Crippen LogP) is 3.49. The quantitative estimate of drug-likeness (QED) is 0.547. The van der Waals surface area contributed by atoms with Gasteiger partial charge in [-0.05, 0) is 35.4 Å². The second-order valence-electron chi connectivity index (χ2n) is 4.14. The highest BCUT2D eigenvalue weighted by Crippen LogP contribution is 2.29. The summed E-state index contributed by atoms with van der Waals surface area (Å²) >= 11 is 5.36. The molecule has 0 saturated heterocycles. The van der Waals surface area contributed by atoms with Crippen molar-refractivity contribution in [2.24, 2.45) is 0 Å². The van der Waals surface area contributed by atoms with E-state index in [1.54, 1.807) is 18.1 Å². The maximum absolute atomic E-state index is 4.34. The monoisotopic (exact) mass is 346 g/mol. The Kier molecular flexibility index (Phi) is 8.41. The molecule has 0 aliphatic rings. The number of nitrogens with zero attached hydrogens (tertiary/aromatic N) is 3. The van der Waals surface area contributed by atoms with Crippen LogP contribution in [0.2, 0.25) is 0 Å². The third kappa shape index (κ3) is 5.67. The Labute approximate surface area is 128 Å². The fourth-order valence-electron chi connectivity index (χ4n) is 1.63. The van der Waals surface area contributed by atoms with Gasteiger partial charge in [-0.3, -0.25) is 0 Å². The van der Waals surface area contributed by atoms with E-state index in [4.69, 9.17) is 0 Å². The zero-order valence-electron chi connectivity index (χ0n) is 11.9. The first-order valence-corrected chi connectivity index (χ1v) is 8.60. The van der Waals surface area contributed by atoms with Crippen LogP contribution in [0.1, 0.15) is 27.2 Å². The minimum Gasteiger partial charge on any atom is -0.369 e. The Bertz CT molecular complexity index is 372. The number of anilines is 1. The van der Waals surface area contributed by atoms with Crippen LogP contribution in [-0.4, -0.2) is 46.8 Å². The molecule has 1 aromatic rings. The van der Waals surface area contributed by atoms with E-state index < -0.39 is 0 Å². The summed E-state index contributed by atoms with van der Waals surface area (Å²) in [5, 5.41) is 4.32. The Morgan fingerprint density at radius 2 is 2.00 bits per heavy atom. The van der Waals surface area contributed by atoms with Gasteiger partial charge in [-0.25, -0.2) is 9.97 Å². The van der Waals surface area contributed by atoms with Gasteiger partial charge in [0.25, 0.3) is 0 Å². The lowest BCUT2D eigenvalue weighted by molar-refractivity contribution is 0.324. The second kappa shape index (κ2) is 9.55. The number of hydrogen-bond donors (Lipinski definition) is 1. The number of aromatic nitrogens is 2. The predicted molar refractivity (Wildman–Crippen MR) is 87.0 cm³/mol. The van der Waals surface area contributed by atoms with Crippen LogP contribution in [0.25, 0.3) is 0 Å². The summed E-state index contributed by atoms with van der Waals surface area (Å²) in [5.41, 5.74) is 0. The minimum atomic E-state index is 0.891. The highest BCUT2D eigenvalue weighted by Gasteiger charge is 2.09. The van der Waals surface area contributed by atoms with Gasteiger partial charge in [-0.2, -0.15) is 0 Å². The third-order valence-electron chi connectivity index (χ3n) is 2.84. The molecule has 1 aromatic heterocycles. The van der Waals surface area contributed by atoms with Crippen LogP contribution in [-0.2, 0) is 0 Å². The molecule has 0 aromatic carbocycles. The molecule has 0 unspecified atom stereocenters. The van der Waals surface area contributed by atoms with Crippen molar-refractivity contribution >= 4 is 33.5 Å². The summed E-state index contributed by atoms with van der Waals surface area (Å²) in [4.78, 5) is 11.0. The van der Waals surface area contributed by atoms with Crippen LogP contribution in [0.3, 0.4) is 0 Å². The third-order valence-corrected chi connectivity index (χ3v) is 4.82. The van der Waals surface area contributed by atoms with Crippen molar-refractivity contribution < 1.29 is 0 Å². The highest BCUT2D eigenvalue weighted by molar-refractivity contribution is 9.10. The van der Waals surface area contributed by atoms with Crippen molar-refractivity contribution in [2.75, 3.05) is 37.2 Å². The maximum atomic E-state index is 4.34. The zero-order valence-corrected chi connectivity index (χ0v) is 14.4. The fourth-order valence-corrected chi connectivity index (χ4v) is 3.21. The van der Waals surface area contributed by atoms with Crippen LogP contribution in [0.15, 0.2) is 15.8 Å². The molecule has 6 heteroatoms. The van der Waals surface area contributed by atoms with Crippen LogP contribution >= 0.6 is 27.7 Å². The van der Waals surface area contributed by atoms with Gasteiger partial charge in [0.2, 0.25) is 0 Å². The van der Waals surface area contributed by atoms with Crippen molar-refractivity contribution in [1.29, 1.82) is 0 Å². The van der Waals surface area contributed by atoms with Gasteiger partial charge in [0, 0.05) is 18.8 Å². The molecule has 1 heterocycles. The van der Waals surface area contributed by atoms with E-state index in [1.165, 1.54) is 0 Å². The van der Waals surface area contributed by atoms with Crippen molar-refractivity contribution in [3.05, 3.63) is 10.8 Å². The molecule has 0 amide bonds. The second-order valence-corrected chi connectivity index (χ2v) is 6.02. The van der Waals surface area contributed by atoms with Gasteiger partial charge in [-0.1, -0.05) is 20.8 Å². The minimum absolute atomic E-state index is 0.891. The molecule has 4 nitrogen and oxygen atoms in total. The molecular formula is C13H23BrN4S. The molecule has 108 valence electrons. The lowest BCUT2D eigenvalue weighted by Gasteiger charge is -2.17. The summed E-state index contributed by atoms with van der Waals surface area (Å²) in [7, 11) is 0. The molecule has 0 fully saturated rings. The van der Waals surface area contributed by atoms with E-state index in [9.17, 15) is 0 Å². The molecule has 0 saturated carbocycles. The Morgan fingerprint density at radius 1 is 1.26 bits per heavy atom. The van der Waals surface area contributed by atoms with E-state index in [-0.39, 0.29) is 0 Å². The van der Waals surface area contributed by atoms with Gasteiger partial charge < -0.3 is 10.2 Å². The van der Waals surface area contributed by atoms with Gasteiger partial charge in [-0.15, -0.1) is 11.8 Å². The van der Waals surface area contributed by atoms with E-state index >= 15 is 0 Å². The van der Waals surface area contributed by atoms with Gasteiger partial charge in [0.15, 0.2) is 0 Å². The largest absolute Gasteiger partial charge is 0.369 e. The standard InChI is InChI=1S/C13H23BrN4S/c1-4-7-15-12-11(14)13(17-10-16-12)19-9-8-18(5-2)6-3/h10H,4-9H2,1-3H3,(H,15,16,17). The molecule has 0 bridgehead atoms. The summed E-state index contributed by atoms with van der Waals surface area (Å²) in [6, 6.07) is 0. The number of halogens is 1. The first kappa shape index (κ1) is 16.7. The number of nitrogens with one attached hydrogen (secondary N) is 1. The molecular weight excluding hydrogens is 324 g/mol. The summed E-state index contributed by atoms with van der Waals surface area (Å²) in [6.45, 7) is 10.8. The van der Waals surface area contributed by atoms with Crippen molar-refractivity contribution in [3.63, 3.8) is 0 Å². The highest BCUT2D eigenvalue weighted by atomic mass is 79.9. The molecule has 0 radical (unpaired) electrons. The lowest BCUT2D eigenvalue weighted by atomic mass is 10.4. The number of rotatable bonds is 9. The molecule has 0 atom stereocenters. The van der Waals surface area contributed by atoms with Crippen molar-refractivity contribution in [3.8, 4) is 0 Å². The van der Waals surface area contributed by atoms with Gasteiger partial charge >= 0.3 is 0 Å². The topological polar surface area (TPSA) is 41.1 Å². The van der Waals surface area contributed by atoms with E-state index in [1.807, 2.05) is 0 Å². The van der Waals surface area contributed by atoms with Crippen LogP contribution in [0.5, 0.6) is 0 Å². The van der Waals surface area contributed by atoms with Gasteiger partial charge in [0.05, 0.1) is 4.47 Å². The fraction of sp³-hybridized carbons (Fsp3) is 0.692. The molecule has 19 heavy (non-hydrogen) atoms. The normalized spacial score (nSPS) is 11.0.